The molecule has 0 aromatic heterocycles. The topological polar surface area (TPSA) is 157 Å². The number of hydrogen-bond donors (Lipinski definition) is 3. The predicted octanol–water partition coefficient (Wildman–Crippen LogP) is 1.85. The average molecular weight is 481 g/mol. The molecular weight excluding hydrogens is 456 g/mol. The summed E-state index contributed by atoms with van der Waals surface area (Å²) in [4.78, 5) is 16.7. The molecule has 0 unspecified atom stereocenters. The number of rotatable bonds is 6. The third kappa shape index (κ3) is 5.84. The van der Waals surface area contributed by atoms with Crippen molar-refractivity contribution in [2.75, 3.05) is 19.0 Å². The Morgan fingerprint density at radius 2 is 1.81 bits per heavy atom. The van der Waals surface area contributed by atoms with Crippen LogP contribution in [0.5, 0.6) is 5.75 Å². The summed E-state index contributed by atoms with van der Waals surface area (Å²) in [5, 5.41) is 7.70. The third-order valence-corrected chi connectivity index (χ3v) is 7.06. The molecule has 4 N–H and O–H groups in total. The maximum absolute atomic E-state index is 12.8. The van der Waals surface area contributed by atoms with Crippen molar-refractivity contribution in [3.05, 3.63) is 48.0 Å². The lowest BCUT2D eigenvalue weighted by atomic mass is 10.2. The highest BCUT2D eigenvalue weighted by Crippen LogP contribution is 2.24. The van der Waals surface area contributed by atoms with Gasteiger partial charge in [0.2, 0.25) is 10.0 Å². The van der Waals surface area contributed by atoms with E-state index in [-0.39, 0.29) is 26.8 Å². The average Bonchev–Trinajstić information content (AvgIpc) is 3.01. The highest BCUT2D eigenvalue weighted by atomic mass is 32.2. The van der Waals surface area contributed by atoms with Crippen molar-refractivity contribution in [3.63, 3.8) is 0 Å². The number of hydrogen-bond acceptors (Lipinski definition) is 7. The van der Waals surface area contributed by atoms with Crippen LogP contribution in [0.25, 0.3) is 0 Å². The zero-order chi connectivity index (χ0) is 23.4. The minimum atomic E-state index is -4.03. The molecule has 32 heavy (non-hydrogen) atoms. The Hall–Kier alpha value is -2.96. The Morgan fingerprint density at radius 3 is 2.53 bits per heavy atom. The molecule has 2 aromatic rings. The normalized spacial score (nSPS) is 14.8. The van der Waals surface area contributed by atoms with Gasteiger partial charge >= 0.3 is 0 Å². The third-order valence-electron chi connectivity index (χ3n) is 4.77. The number of ether oxygens (including phenoxy) is 1. The van der Waals surface area contributed by atoms with E-state index in [4.69, 9.17) is 9.88 Å². The first-order valence-corrected chi connectivity index (χ1v) is 12.8. The van der Waals surface area contributed by atoms with Gasteiger partial charge in [-0.15, -0.1) is 0 Å². The standard InChI is InChI=1S/C20H24N4O6S2/c1-30-18-10-9-15(31(21,26)27)13-17(18)20(25)23-14-6-5-7-16(12-14)32(28,29)24-19-8-3-2-4-11-22-19/h5-7,9-10,12-13H,2-4,8,11H2,1H3,(H,22,24)(H,23,25)(H2,21,26,27). The fourth-order valence-corrected chi connectivity index (χ4v) is 4.83. The number of anilines is 1. The van der Waals surface area contributed by atoms with Gasteiger partial charge in [0, 0.05) is 18.7 Å². The first-order valence-electron chi connectivity index (χ1n) is 9.78. The van der Waals surface area contributed by atoms with E-state index < -0.39 is 26.0 Å². The van der Waals surface area contributed by atoms with E-state index in [9.17, 15) is 21.6 Å². The van der Waals surface area contributed by atoms with E-state index in [2.05, 4.69) is 15.0 Å². The van der Waals surface area contributed by atoms with Gasteiger partial charge in [-0.1, -0.05) is 12.5 Å². The molecule has 0 fully saturated rings. The lowest BCUT2D eigenvalue weighted by molar-refractivity contribution is 0.102. The zero-order valence-corrected chi connectivity index (χ0v) is 19.0. The molecule has 1 aliphatic heterocycles. The monoisotopic (exact) mass is 480 g/mol. The molecule has 0 spiro atoms. The largest absolute Gasteiger partial charge is 0.496 e. The minimum Gasteiger partial charge on any atom is -0.496 e. The molecule has 172 valence electrons. The second-order valence-corrected chi connectivity index (χ2v) is 10.4. The molecular formula is C20H24N4O6S2. The highest BCUT2D eigenvalue weighted by Gasteiger charge is 2.20. The fourth-order valence-electron chi connectivity index (χ4n) is 3.15. The van der Waals surface area contributed by atoms with Crippen LogP contribution in [0.1, 0.15) is 36.0 Å². The van der Waals surface area contributed by atoms with Crippen molar-refractivity contribution < 1.29 is 26.4 Å². The molecule has 12 heteroatoms. The van der Waals surface area contributed by atoms with Crippen LogP contribution in [-0.2, 0) is 20.0 Å². The Labute approximate surface area is 187 Å². The van der Waals surface area contributed by atoms with Crippen LogP contribution < -0.4 is 19.9 Å². The maximum atomic E-state index is 12.8. The lowest BCUT2D eigenvalue weighted by Gasteiger charge is -2.13. The van der Waals surface area contributed by atoms with Crippen molar-refractivity contribution in [1.82, 2.24) is 4.72 Å². The number of benzene rings is 2. The molecule has 0 saturated heterocycles. The number of carbonyl (C=O) groups excluding carboxylic acids is 1. The van der Waals surface area contributed by atoms with E-state index >= 15 is 0 Å². The molecule has 1 amide bonds. The van der Waals surface area contributed by atoms with Gasteiger partial charge in [-0.3, -0.25) is 14.5 Å². The summed E-state index contributed by atoms with van der Waals surface area (Å²) >= 11 is 0. The SMILES string of the molecule is COc1ccc(S(N)(=O)=O)cc1C(=O)Nc1cccc(S(=O)(=O)NC2=NCCCCC2)c1. The lowest BCUT2D eigenvalue weighted by Crippen LogP contribution is -2.30. The first-order chi connectivity index (χ1) is 15.1. The van der Waals surface area contributed by atoms with Crippen molar-refractivity contribution in [3.8, 4) is 5.75 Å². The van der Waals surface area contributed by atoms with Crippen molar-refractivity contribution in [2.24, 2.45) is 10.1 Å². The van der Waals surface area contributed by atoms with Crippen LogP contribution in [0.2, 0.25) is 0 Å². The van der Waals surface area contributed by atoms with Gasteiger partial charge in [0.1, 0.15) is 11.6 Å². The van der Waals surface area contributed by atoms with E-state index in [0.717, 1.165) is 25.3 Å². The van der Waals surface area contributed by atoms with Crippen molar-refractivity contribution in [1.29, 1.82) is 0 Å². The number of amides is 1. The Balaban J connectivity index is 1.84. The van der Waals surface area contributed by atoms with Gasteiger partial charge in [-0.05, 0) is 49.2 Å². The quantitative estimate of drug-likeness (QED) is 0.572. The molecule has 1 aliphatic rings. The van der Waals surface area contributed by atoms with Crippen molar-refractivity contribution >= 4 is 37.5 Å². The van der Waals surface area contributed by atoms with E-state index in [1.807, 2.05) is 0 Å². The summed E-state index contributed by atoms with van der Waals surface area (Å²) in [5.41, 5.74) is 0.127. The summed E-state index contributed by atoms with van der Waals surface area (Å²) in [6.07, 6.45) is 3.32. The van der Waals surface area contributed by atoms with Crippen LogP contribution in [0.3, 0.4) is 0 Å². The Kier molecular flexibility index (Phi) is 7.16. The summed E-state index contributed by atoms with van der Waals surface area (Å²) in [5.74, 6) is -0.142. The number of aliphatic imine (C=N–C) groups is 1. The summed E-state index contributed by atoms with van der Waals surface area (Å²) in [7, 11) is -6.59. The van der Waals surface area contributed by atoms with Gasteiger partial charge in [0.25, 0.3) is 15.9 Å². The Bertz CT molecular complexity index is 1260. The zero-order valence-electron chi connectivity index (χ0n) is 17.4. The predicted molar refractivity (Wildman–Crippen MR) is 120 cm³/mol. The van der Waals surface area contributed by atoms with Crippen molar-refractivity contribution in [2.45, 2.75) is 35.5 Å². The molecule has 0 atom stereocenters. The Morgan fingerprint density at radius 1 is 1.03 bits per heavy atom. The molecule has 3 rings (SSSR count). The van der Waals surface area contributed by atoms with Crippen LogP contribution in [-0.4, -0.2) is 42.2 Å². The van der Waals surface area contributed by atoms with E-state index in [0.29, 0.717) is 18.8 Å². The van der Waals surface area contributed by atoms with Crippen LogP contribution in [0, 0.1) is 0 Å². The van der Waals surface area contributed by atoms with Gasteiger partial charge in [0.05, 0.1) is 22.5 Å². The van der Waals surface area contributed by atoms with Gasteiger partial charge in [0.15, 0.2) is 0 Å². The summed E-state index contributed by atoms with van der Waals surface area (Å²) in [6, 6.07) is 9.32. The fraction of sp³-hybridized carbons (Fsp3) is 0.300. The number of nitrogens with two attached hydrogens (primary N) is 1. The number of carbonyl (C=O) groups is 1. The number of sulfonamides is 2. The smallest absolute Gasteiger partial charge is 0.262 e. The second kappa shape index (κ2) is 9.67. The molecule has 0 aliphatic carbocycles. The summed E-state index contributed by atoms with van der Waals surface area (Å²) < 4.78 is 56.4. The second-order valence-electron chi connectivity index (χ2n) is 7.13. The molecule has 1 heterocycles. The minimum absolute atomic E-state index is 0.0486. The first kappa shape index (κ1) is 23.7. The molecule has 0 saturated carbocycles. The highest BCUT2D eigenvalue weighted by molar-refractivity contribution is 7.90. The van der Waals surface area contributed by atoms with Gasteiger partial charge in [-0.25, -0.2) is 22.0 Å². The maximum Gasteiger partial charge on any atom is 0.262 e. The number of methoxy groups -OCH3 is 1. The molecule has 0 bridgehead atoms. The van der Waals surface area contributed by atoms with Crippen LogP contribution in [0.4, 0.5) is 5.69 Å². The molecule has 0 radical (unpaired) electrons. The number of amidine groups is 1. The van der Waals surface area contributed by atoms with E-state index in [1.54, 1.807) is 0 Å². The number of nitrogens with zero attached hydrogens (tertiary/aromatic N) is 1. The van der Waals surface area contributed by atoms with E-state index in [1.165, 1.54) is 43.5 Å². The number of primary sulfonamides is 1. The molecule has 10 nitrogen and oxygen atoms in total. The molecule has 2 aromatic carbocycles. The summed E-state index contributed by atoms with van der Waals surface area (Å²) in [6.45, 7) is 0.577. The van der Waals surface area contributed by atoms with Crippen LogP contribution >= 0.6 is 0 Å². The van der Waals surface area contributed by atoms with Crippen LogP contribution in [0.15, 0.2) is 57.2 Å². The van der Waals surface area contributed by atoms with Gasteiger partial charge < -0.3 is 10.1 Å². The van der Waals surface area contributed by atoms with Gasteiger partial charge in [-0.2, -0.15) is 0 Å². The number of nitrogens with one attached hydrogen (secondary N) is 2.